The highest BCUT2D eigenvalue weighted by Crippen LogP contribution is 2.22. The molecule has 6 heteroatoms. The van der Waals surface area contributed by atoms with Crippen molar-refractivity contribution in [3.63, 3.8) is 0 Å². The zero-order valence-electron chi connectivity index (χ0n) is 12.4. The fraction of sp³-hybridized carbons (Fsp3) is 0.467. The average Bonchev–Trinajstić information content (AvgIpc) is 2.94. The summed E-state index contributed by atoms with van der Waals surface area (Å²) >= 11 is 5.34. The van der Waals surface area contributed by atoms with Gasteiger partial charge in [-0.2, -0.15) is 5.10 Å². The van der Waals surface area contributed by atoms with E-state index >= 15 is 0 Å². The zero-order valence-corrected chi connectivity index (χ0v) is 14.8. The van der Waals surface area contributed by atoms with Gasteiger partial charge in [-0.05, 0) is 37.7 Å². The minimum atomic E-state index is 0.401. The fourth-order valence-electron chi connectivity index (χ4n) is 2.14. The summed E-state index contributed by atoms with van der Waals surface area (Å²) in [7, 11) is 0. The topological polar surface area (TPSA) is 42.7 Å². The first-order valence-electron chi connectivity index (χ1n) is 7.21. The van der Waals surface area contributed by atoms with Gasteiger partial charge in [0.1, 0.15) is 12.2 Å². The van der Waals surface area contributed by atoms with Crippen LogP contribution in [0.4, 0.5) is 0 Å². The van der Waals surface area contributed by atoms with Gasteiger partial charge in [0.2, 0.25) is 0 Å². The number of hydrogen-bond donors (Lipinski definition) is 1. The maximum atomic E-state index is 4.37. The van der Waals surface area contributed by atoms with Crippen molar-refractivity contribution in [2.45, 2.75) is 37.8 Å². The minimum absolute atomic E-state index is 0.401. The van der Waals surface area contributed by atoms with E-state index in [2.05, 4.69) is 69.4 Å². The summed E-state index contributed by atoms with van der Waals surface area (Å²) in [5.74, 6) is 2.08. The molecule has 0 bridgehead atoms. The predicted octanol–water partition coefficient (Wildman–Crippen LogP) is 3.37. The van der Waals surface area contributed by atoms with Crippen LogP contribution in [-0.2, 0) is 13.0 Å². The summed E-state index contributed by atoms with van der Waals surface area (Å²) in [5, 5.41) is 7.78. The highest BCUT2D eigenvalue weighted by atomic mass is 79.9. The summed E-state index contributed by atoms with van der Waals surface area (Å²) in [6.45, 7) is 6.07. The van der Waals surface area contributed by atoms with Gasteiger partial charge in [0.05, 0.1) is 0 Å². The van der Waals surface area contributed by atoms with E-state index in [1.807, 2.05) is 16.4 Å². The SMILES string of the molecule is CCNC(CSc1ccc(Br)cc1)Cc1ncnn1CC. The van der Waals surface area contributed by atoms with Gasteiger partial charge in [0.15, 0.2) is 0 Å². The Bertz CT molecular complexity index is 541. The first-order chi connectivity index (χ1) is 10.2. The van der Waals surface area contributed by atoms with Crippen molar-refractivity contribution in [2.24, 2.45) is 0 Å². The molecule has 0 radical (unpaired) electrons. The molecule has 1 aromatic carbocycles. The molecular weight excluding hydrogens is 348 g/mol. The van der Waals surface area contributed by atoms with Crippen LogP contribution < -0.4 is 5.32 Å². The Balaban J connectivity index is 1.94. The lowest BCUT2D eigenvalue weighted by Crippen LogP contribution is -2.34. The molecule has 21 heavy (non-hydrogen) atoms. The number of rotatable bonds is 8. The standard InChI is InChI=1S/C15H21BrN4S/c1-3-17-13(9-15-18-11-19-20(15)4-2)10-21-14-7-5-12(16)6-8-14/h5-8,11,13,17H,3-4,9-10H2,1-2H3. The van der Waals surface area contributed by atoms with E-state index < -0.39 is 0 Å². The second-order valence-electron chi connectivity index (χ2n) is 4.72. The van der Waals surface area contributed by atoms with Crippen molar-refractivity contribution in [2.75, 3.05) is 12.3 Å². The van der Waals surface area contributed by atoms with Crippen molar-refractivity contribution in [3.8, 4) is 0 Å². The number of thioether (sulfide) groups is 1. The molecule has 1 atom stereocenters. The lowest BCUT2D eigenvalue weighted by Gasteiger charge is -2.17. The predicted molar refractivity (Wildman–Crippen MR) is 91.7 cm³/mol. The Hall–Kier alpha value is -0.850. The molecule has 0 amide bonds. The highest BCUT2D eigenvalue weighted by Gasteiger charge is 2.13. The monoisotopic (exact) mass is 368 g/mol. The molecule has 0 saturated heterocycles. The third-order valence-electron chi connectivity index (χ3n) is 3.18. The van der Waals surface area contributed by atoms with Crippen LogP contribution in [0.3, 0.4) is 0 Å². The largest absolute Gasteiger partial charge is 0.313 e. The molecular formula is C15H21BrN4S. The second-order valence-corrected chi connectivity index (χ2v) is 6.72. The summed E-state index contributed by atoms with van der Waals surface area (Å²) in [4.78, 5) is 5.66. The van der Waals surface area contributed by atoms with Gasteiger partial charge < -0.3 is 5.32 Å². The van der Waals surface area contributed by atoms with Gasteiger partial charge in [-0.3, -0.25) is 4.68 Å². The second kappa shape index (κ2) is 8.56. The molecule has 2 rings (SSSR count). The first kappa shape index (κ1) is 16.5. The lowest BCUT2D eigenvalue weighted by molar-refractivity contribution is 0.527. The number of hydrogen-bond acceptors (Lipinski definition) is 4. The number of halogens is 1. The van der Waals surface area contributed by atoms with Gasteiger partial charge in [-0.15, -0.1) is 11.8 Å². The lowest BCUT2D eigenvalue weighted by atomic mass is 10.2. The normalized spacial score (nSPS) is 12.5. The van der Waals surface area contributed by atoms with E-state index in [1.165, 1.54) is 4.90 Å². The van der Waals surface area contributed by atoms with Crippen molar-refractivity contribution in [1.29, 1.82) is 0 Å². The van der Waals surface area contributed by atoms with Gasteiger partial charge in [-0.1, -0.05) is 22.9 Å². The van der Waals surface area contributed by atoms with E-state index in [-0.39, 0.29) is 0 Å². The van der Waals surface area contributed by atoms with Crippen LogP contribution in [0.25, 0.3) is 0 Å². The van der Waals surface area contributed by atoms with Crippen LogP contribution >= 0.6 is 27.7 Å². The zero-order chi connectivity index (χ0) is 15.1. The van der Waals surface area contributed by atoms with Crippen LogP contribution in [0.1, 0.15) is 19.7 Å². The van der Waals surface area contributed by atoms with Crippen LogP contribution in [0.2, 0.25) is 0 Å². The molecule has 4 nitrogen and oxygen atoms in total. The molecule has 0 spiro atoms. The minimum Gasteiger partial charge on any atom is -0.313 e. The van der Waals surface area contributed by atoms with Crippen LogP contribution in [0.15, 0.2) is 40.0 Å². The van der Waals surface area contributed by atoms with Crippen molar-refractivity contribution < 1.29 is 0 Å². The molecule has 0 aliphatic heterocycles. The Labute approximate surface area is 138 Å². The maximum absolute atomic E-state index is 4.37. The third kappa shape index (κ3) is 5.13. The number of likely N-dealkylation sites (N-methyl/N-ethyl adjacent to an activating group) is 1. The molecule has 0 aliphatic carbocycles. The van der Waals surface area contributed by atoms with Gasteiger partial charge >= 0.3 is 0 Å². The molecule has 0 saturated carbocycles. The molecule has 1 aromatic heterocycles. The van der Waals surface area contributed by atoms with E-state index in [9.17, 15) is 0 Å². The molecule has 1 N–H and O–H groups in total. The van der Waals surface area contributed by atoms with Crippen LogP contribution in [0.5, 0.6) is 0 Å². The summed E-state index contributed by atoms with van der Waals surface area (Å²) in [5.41, 5.74) is 0. The molecule has 0 fully saturated rings. The highest BCUT2D eigenvalue weighted by molar-refractivity contribution is 9.10. The quantitative estimate of drug-likeness (QED) is 0.725. The summed E-state index contributed by atoms with van der Waals surface area (Å²) in [6.07, 6.45) is 2.55. The average molecular weight is 369 g/mol. The first-order valence-corrected chi connectivity index (χ1v) is 8.99. The fourth-order valence-corrected chi connectivity index (χ4v) is 3.36. The Kier molecular flexibility index (Phi) is 6.73. The Morgan fingerprint density at radius 2 is 2.05 bits per heavy atom. The molecule has 1 heterocycles. The number of nitrogens with zero attached hydrogens (tertiary/aromatic N) is 3. The van der Waals surface area contributed by atoms with Crippen molar-refractivity contribution >= 4 is 27.7 Å². The Morgan fingerprint density at radius 3 is 2.71 bits per heavy atom. The van der Waals surface area contributed by atoms with Crippen molar-refractivity contribution in [1.82, 2.24) is 20.1 Å². The smallest absolute Gasteiger partial charge is 0.138 e. The molecule has 114 valence electrons. The van der Waals surface area contributed by atoms with E-state index in [4.69, 9.17) is 0 Å². The third-order valence-corrected chi connectivity index (χ3v) is 4.89. The molecule has 1 unspecified atom stereocenters. The maximum Gasteiger partial charge on any atom is 0.138 e. The van der Waals surface area contributed by atoms with Gasteiger partial charge in [-0.25, -0.2) is 4.98 Å². The molecule has 2 aromatic rings. The van der Waals surface area contributed by atoms with E-state index in [0.29, 0.717) is 6.04 Å². The number of nitrogens with one attached hydrogen (secondary N) is 1. The van der Waals surface area contributed by atoms with Crippen LogP contribution in [-0.4, -0.2) is 33.1 Å². The van der Waals surface area contributed by atoms with Gasteiger partial charge in [0.25, 0.3) is 0 Å². The number of aryl methyl sites for hydroxylation is 1. The number of aromatic nitrogens is 3. The van der Waals surface area contributed by atoms with E-state index in [1.54, 1.807) is 6.33 Å². The summed E-state index contributed by atoms with van der Waals surface area (Å²) < 4.78 is 3.08. The van der Waals surface area contributed by atoms with Crippen molar-refractivity contribution in [3.05, 3.63) is 40.9 Å². The van der Waals surface area contributed by atoms with Gasteiger partial charge in [0, 0.05) is 34.1 Å². The van der Waals surface area contributed by atoms with Crippen LogP contribution in [0, 0.1) is 0 Å². The number of benzene rings is 1. The molecule has 0 aliphatic rings. The summed E-state index contributed by atoms with van der Waals surface area (Å²) in [6, 6.07) is 8.85. The Morgan fingerprint density at radius 1 is 1.29 bits per heavy atom. The van der Waals surface area contributed by atoms with E-state index in [0.717, 1.165) is 35.6 Å².